The lowest BCUT2D eigenvalue weighted by Crippen LogP contribution is -1.99. The molecule has 0 aliphatic rings. The van der Waals surface area contributed by atoms with Gasteiger partial charge in [-0.15, -0.1) is 0 Å². The van der Waals surface area contributed by atoms with Crippen LogP contribution in [-0.2, 0) is 0 Å². The normalized spacial score (nSPS) is 11.5. The zero-order chi connectivity index (χ0) is 13.1. The SMILES string of the molecule is Oc1ccccc1C=Nn1c(C(F)F)n[nH]c1=S. The first-order valence-corrected chi connectivity index (χ1v) is 5.28. The lowest BCUT2D eigenvalue weighted by Gasteiger charge is -1.99. The third kappa shape index (κ3) is 2.43. The Hall–Kier alpha value is -2.09. The number of rotatable bonds is 3. The highest BCUT2D eigenvalue weighted by atomic mass is 32.1. The largest absolute Gasteiger partial charge is 0.507 e. The number of phenols is 1. The van der Waals surface area contributed by atoms with Crippen LogP contribution in [0.1, 0.15) is 17.8 Å². The summed E-state index contributed by atoms with van der Waals surface area (Å²) in [6.07, 6.45) is -1.56. The number of nitrogens with zero attached hydrogens (tertiary/aromatic N) is 3. The van der Waals surface area contributed by atoms with Crippen molar-refractivity contribution in [2.75, 3.05) is 0 Å². The summed E-state index contributed by atoms with van der Waals surface area (Å²) in [4.78, 5) is 0. The summed E-state index contributed by atoms with van der Waals surface area (Å²) in [5.41, 5.74) is 0.390. The Morgan fingerprint density at radius 2 is 2.17 bits per heavy atom. The second-order valence-electron chi connectivity index (χ2n) is 3.30. The molecule has 0 fully saturated rings. The van der Waals surface area contributed by atoms with Crippen molar-refractivity contribution in [2.45, 2.75) is 6.43 Å². The summed E-state index contributed by atoms with van der Waals surface area (Å²) in [5.74, 6) is -0.582. The third-order valence-corrected chi connectivity index (χ3v) is 2.38. The maximum atomic E-state index is 12.6. The molecule has 0 aliphatic heterocycles. The number of alkyl halides is 2. The van der Waals surface area contributed by atoms with Gasteiger partial charge in [0.2, 0.25) is 10.6 Å². The molecule has 0 atom stereocenters. The molecule has 1 heterocycles. The van der Waals surface area contributed by atoms with Crippen molar-refractivity contribution < 1.29 is 13.9 Å². The number of hydrogen-bond donors (Lipinski definition) is 2. The number of phenolic OH excluding ortho intramolecular Hbond substituents is 1. The van der Waals surface area contributed by atoms with Gasteiger partial charge in [0.15, 0.2) is 0 Å². The van der Waals surface area contributed by atoms with Gasteiger partial charge >= 0.3 is 0 Å². The van der Waals surface area contributed by atoms with Gasteiger partial charge in [-0.2, -0.15) is 14.9 Å². The molecule has 0 unspecified atom stereocenters. The van der Waals surface area contributed by atoms with E-state index in [0.717, 1.165) is 4.68 Å². The zero-order valence-corrected chi connectivity index (χ0v) is 9.73. The maximum absolute atomic E-state index is 12.6. The van der Waals surface area contributed by atoms with Crippen molar-refractivity contribution in [2.24, 2.45) is 5.10 Å². The van der Waals surface area contributed by atoms with E-state index in [-0.39, 0.29) is 10.5 Å². The number of aromatic amines is 1. The van der Waals surface area contributed by atoms with Gasteiger partial charge in [-0.3, -0.25) is 0 Å². The Morgan fingerprint density at radius 1 is 1.44 bits per heavy atom. The second-order valence-corrected chi connectivity index (χ2v) is 3.69. The molecule has 5 nitrogen and oxygen atoms in total. The van der Waals surface area contributed by atoms with Crippen molar-refractivity contribution >= 4 is 18.4 Å². The number of aromatic hydroxyl groups is 1. The van der Waals surface area contributed by atoms with Crippen molar-refractivity contribution in [3.8, 4) is 5.75 Å². The quantitative estimate of drug-likeness (QED) is 0.665. The fourth-order valence-electron chi connectivity index (χ4n) is 1.27. The highest BCUT2D eigenvalue weighted by molar-refractivity contribution is 7.71. The van der Waals surface area contributed by atoms with Crippen LogP contribution in [0.4, 0.5) is 8.78 Å². The Bertz CT molecular complexity index is 635. The summed E-state index contributed by atoms with van der Waals surface area (Å²) in [7, 11) is 0. The fraction of sp³-hybridized carbons (Fsp3) is 0.100. The van der Waals surface area contributed by atoms with Crippen LogP contribution >= 0.6 is 12.2 Å². The number of benzene rings is 1. The molecule has 8 heteroatoms. The van der Waals surface area contributed by atoms with Crippen LogP contribution in [0.2, 0.25) is 0 Å². The molecule has 2 aromatic rings. The molecule has 0 saturated carbocycles. The average molecular weight is 270 g/mol. The van der Waals surface area contributed by atoms with Gasteiger partial charge in [0.25, 0.3) is 6.43 Å². The van der Waals surface area contributed by atoms with Crippen LogP contribution in [0.5, 0.6) is 5.75 Å². The molecule has 18 heavy (non-hydrogen) atoms. The first-order chi connectivity index (χ1) is 8.59. The van der Waals surface area contributed by atoms with Crippen molar-refractivity contribution in [3.05, 3.63) is 40.4 Å². The van der Waals surface area contributed by atoms with E-state index in [1.54, 1.807) is 18.2 Å². The van der Waals surface area contributed by atoms with Gasteiger partial charge in [0.1, 0.15) is 5.75 Å². The molecular formula is C10H8F2N4OS. The van der Waals surface area contributed by atoms with E-state index in [0.29, 0.717) is 5.56 Å². The van der Waals surface area contributed by atoms with Crippen LogP contribution in [0.15, 0.2) is 29.4 Å². The Kier molecular flexibility index (Phi) is 3.47. The second kappa shape index (κ2) is 5.05. The number of halogens is 2. The standard InChI is InChI=1S/C10H8F2N4OS/c11-8(12)9-14-15-10(18)16(9)13-5-6-3-1-2-4-7(6)17/h1-5,8,17H,(H,15,18). The molecule has 1 aromatic carbocycles. The van der Waals surface area contributed by atoms with E-state index in [4.69, 9.17) is 12.2 Å². The van der Waals surface area contributed by atoms with Crippen LogP contribution in [-0.4, -0.2) is 26.2 Å². The minimum atomic E-state index is -2.79. The molecular weight excluding hydrogens is 262 g/mol. The van der Waals surface area contributed by atoms with E-state index in [1.807, 2.05) is 0 Å². The zero-order valence-electron chi connectivity index (χ0n) is 8.92. The lowest BCUT2D eigenvalue weighted by atomic mass is 10.2. The van der Waals surface area contributed by atoms with Crippen LogP contribution in [0.25, 0.3) is 0 Å². The van der Waals surface area contributed by atoms with Gasteiger partial charge < -0.3 is 5.11 Å². The van der Waals surface area contributed by atoms with E-state index >= 15 is 0 Å². The first-order valence-electron chi connectivity index (χ1n) is 4.87. The first kappa shape index (κ1) is 12.4. The number of aromatic nitrogens is 3. The third-order valence-electron chi connectivity index (χ3n) is 2.12. The van der Waals surface area contributed by atoms with Crippen LogP contribution in [0, 0.1) is 4.77 Å². The summed E-state index contributed by atoms with van der Waals surface area (Å²) in [5, 5.41) is 18.9. The minimum absolute atomic E-state index is 0.00476. The van der Waals surface area contributed by atoms with Crippen molar-refractivity contribution in [1.82, 2.24) is 14.9 Å². The summed E-state index contributed by atoms with van der Waals surface area (Å²) >= 11 is 4.78. The molecule has 2 rings (SSSR count). The van der Waals surface area contributed by atoms with Crippen LogP contribution < -0.4 is 0 Å². The Balaban J connectivity index is 2.38. The van der Waals surface area contributed by atoms with Crippen molar-refractivity contribution in [1.29, 1.82) is 0 Å². The predicted octanol–water partition coefficient (Wildman–Crippen LogP) is 2.47. The van der Waals surface area contributed by atoms with Gasteiger partial charge in [0, 0.05) is 5.56 Å². The maximum Gasteiger partial charge on any atom is 0.299 e. The van der Waals surface area contributed by atoms with E-state index in [9.17, 15) is 13.9 Å². The van der Waals surface area contributed by atoms with Crippen molar-refractivity contribution in [3.63, 3.8) is 0 Å². The summed E-state index contributed by atoms with van der Waals surface area (Å²) in [6.45, 7) is 0. The number of nitrogens with one attached hydrogen (secondary N) is 1. The minimum Gasteiger partial charge on any atom is -0.507 e. The van der Waals surface area contributed by atoms with E-state index in [2.05, 4.69) is 15.3 Å². The number of hydrogen-bond acceptors (Lipinski definition) is 4. The number of para-hydroxylation sites is 1. The number of H-pyrrole nitrogens is 1. The summed E-state index contributed by atoms with van der Waals surface area (Å²) < 4.78 is 25.9. The molecule has 2 N–H and O–H groups in total. The van der Waals surface area contributed by atoms with E-state index < -0.39 is 12.2 Å². The predicted molar refractivity (Wildman–Crippen MR) is 63.5 cm³/mol. The Labute approximate surface area is 105 Å². The van der Waals surface area contributed by atoms with Gasteiger partial charge in [-0.05, 0) is 24.4 Å². The van der Waals surface area contributed by atoms with Gasteiger partial charge in [-0.25, -0.2) is 13.9 Å². The fourth-order valence-corrected chi connectivity index (χ4v) is 1.46. The monoisotopic (exact) mass is 270 g/mol. The molecule has 1 aromatic heterocycles. The molecule has 0 saturated heterocycles. The molecule has 0 spiro atoms. The Morgan fingerprint density at radius 3 is 2.83 bits per heavy atom. The smallest absolute Gasteiger partial charge is 0.299 e. The van der Waals surface area contributed by atoms with Gasteiger partial charge in [-0.1, -0.05) is 12.1 Å². The highest BCUT2D eigenvalue weighted by Gasteiger charge is 2.15. The van der Waals surface area contributed by atoms with Gasteiger partial charge in [0.05, 0.1) is 6.21 Å². The molecule has 94 valence electrons. The molecule has 0 radical (unpaired) electrons. The highest BCUT2D eigenvalue weighted by Crippen LogP contribution is 2.17. The van der Waals surface area contributed by atoms with E-state index in [1.165, 1.54) is 12.3 Å². The molecule has 0 aliphatic carbocycles. The average Bonchev–Trinajstić information content (AvgIpc) is 2.70. The molecule has 0 amide bonds. The van der Waals surface area contributed by atoms with Crippen LogP contribution in [0.3, 0.4) is 0 Å². The lowest BCUT2D eigenvalue weighted by molar-refractivity contribution is 0.136. The molecule has 0 bridgehead atoms. The summed E-state index contributed by atoms with van der Waals surface area (Å²) in [6, 6.07) is 6.37. The topological polar surface area (TPSA) is 66.2 Å².